The van der Waals surface area contributed by atoms with E-state index < -0.39 is 0 Å². The van der Waals surface area contributed by atoms with E-state index in [9.17, 15) is 0 Å². The summed E-state index contributed by atoms with van der Waals surface area (Å²) < 4.78 is 8.58. The van der Waals surface area contributed by atoms with Crippen LogP contribution in [0.1, 0.15) is 0 Å². The third kappa shape index (κ3) is 4.13. The van der Waals surface area contributed by atoms with Crippen molar-refractivity contribution in [3.63, 3.8) is 0 Å². The first kappa shape index (κ1) is 25.4. The fraction of sp³-hybridized carbons (Fsp3) is 0. The van der Waals surface area contributed by atoms with E-state index in [0.29, 0.717) is 0 Å². The van der Waals surface area contributed by atoms with Crippen LogP contribution in [0.3, 0.4) is 0 Å². The molecule has 0 unspecified atom stereocenters. The summed E-state index contributed by atoms with van der Waals surface area (Å²) in [6, 6.07) is 60.2. The van der Waals surface area contributed by atoms with E-state index in [1.54, 1.807) is 0 Å². The van der Waals surface area contributed by atoms with Gasteiger partial charge in [0.25, 0.3) is 0 Å². The Morgan fingerprint density at radius 1 is 0.422 bits per heavy atom. The molecule has 9 rings (SSSR count). The molecular weight excluding hydrogens is 548 g/mol. The standard InChI is InChI=1S/C42H28N2O/c1-4-13-29(14-5-1)34-20-12-21-38-42(34)36-25-23-33(28-39(36)44(38)31-17-8-3-9-18-31)43(30-15-6-2-7-16-30)32-24-26-41-37(27-32)35-19-10-11-22-40(35)45-41/h1-28H. The van der Waals surface area contributed by atoms with Crippen LogP contribution < -0.4 is 4.90 Å². The van der Waals surface area contributed by atoms with Crippen molar-refractivity contribution in [2.45, 2.75) is 0 Å². The van der Waals surface area contributed by atoms with Gasteiger partial charge in [-0.1, -0.05) is 103 Å². The van der Waals surface area contributed by atoms with Crippen molar-refractivity contribution in [1.82, 2.24) is 4.57 Å². The highest BCUT2D eigenvalue weighted by Gasteiger charge is 2.20. The predicted octanol–water partition coefficient (Wildman–Crippen LogP) is 11.8. The molecule has 0 fully saturated rings. The molecule has 0 aliphatic rings. The summed E-state index contributed by atoms with van der Waals surface area (Å²) in [5.41, 5.74) is 11.0. The number of para-hydroxylation sites is 3. The van der Waals surface area contributed by atoms with Crippen molar-refractivity contribution in [2.75, 3.05) is 4.90 Å². The Kier molecular flexibility index (Phi) is 5.82. The van der Waals surface area contributed by atoms with Crippen molar-refractivity contribution >= 4 is 60.8 Å². The van der Waals surface area contributed by atoms with Crippen LogP contribution in [-0.4, -0.2) is 4.57 Å². The number of rotatable bonds is 5. The normalized spacial score (nSPS) is 11.6. The number of hydrogen-bond donors (Lipinski definition) is 0. The molecule has 0 bridgehead atoms. The fourth-order valence-corrected chi connectivity index (χ4v) is 6.79. The van der Waals surface area contributed by atoms with Crippen molar-refractivity contribution in [3.05, 3.63) is 170 Å². The SMILES string of the molecule is c1ccc(-c2cccc3c2c2ccc(N(c4ccccc4)c4ccc5oc6ccccc6c5c4)cc2n3-c2ccccc2)cc1. The molecular formula is C42H28N2O. The molecule has 0 spiro atoms. The Morgan fingerprint density at radius 2 is 1.09 bits per heavy atom. The average molecular weight is 577 g/mol. The minimum Gasteiger partial charge on any atom is -0.456 e. The second kappa shape index (κ2) is 10.3. The lowest BCUT2D eigenvalue weighted by Gasteiger charge is -2.26. The molecule has 0 aliphatic carbocycles. The van der Waals surface area contributed by atoms with Crippen LogP contribution in [0.5, 0.6) is 0 Å². The largest absolute Gasteiger partial charge is 0.456 e. The summed E-state index contributed by atoms with van der Waals surface area (Å²) in [7, 11) is 0. The third-order valence-corrected chi connectivity index (χ3v) is 8.77. The van der Waals surface area contributed by atoms with Gasteiger partial charge in [0.1, 0.15) is 11.2 Å². The quantitative estimate of drug-likeness (QED) is 0.203. The summed E-state index contributed by atoms with van der Waals surface area (Å²) in [6.45, 7) is 0. The van der Waals surface area contributed by atoms with Crippen molar-refractivity contribution in [2.24, 2.45) is 0 Å². The zero-order valence-electron chi connectivity index (χ0n) is 24.5. The van der Waals surface area contributed by atoms with Crippen LogP contribution in [0.2, 0.25) is 0 Å². The highest BCUT2D eigenvalue weighted by Crippen LogP contribution is 2.43. The molecule has 3 nitrogen and oxygen atoms in total. The van der Waals surface area contributed by atoms with E-state index in [1.807, 2.05) is 12.1 Å². The number of benzene rings is 7. The van der Waals surface area contributed by atoms with Crippen LogP contribution in [0, 0.1) is 0 Å². The maximum absolute atomic E-state index is 6.18. The maximum Gasteiger partial charge on any atom is 0.135 e. The first-order valence-electron chi connectivity index (χ1n) is 15.3. The Balaban J connectivity index is 1.33. The molecule has 0 amide bonds. The average Bonchev–Trinajstić information content (AvgIpc) is 3.65. The van der Waals surface area contributed by atoms with Gasteiger partial charge in [0.15, 0.2) is 0 Å². The number of hydrogen-bond acceptors (Lipinski definition) is 2. The summed E-state index contributed by atoms with van der Waals surface area (Å²) in [5.74, 6) is 0. The van der Waals surface area contributed by atoms with Gasteiger partial charge in [-0.15, -0.1) is 0 Å². The molecule has 0 N–H and O–H groups in total. The molecule has 9 aromatic rings. The first-order valence-corrected chi connectivity index (χ1v) is 15.3. The summed E-state index contributed by atoms with van der Waals surface area (Å²) in [5, 5.41) is 4.71. The number of furan rings is 1. The predicted molar refractivity (Wildman–Crippen MR) is 188 cm³/mol. The molecule has 0 atom stereocenters. The number of fused-ring (bicyclic) bond motifs is 6. The first-order chi connectivity index (χ1) is 22.3. The lowest BCUT2D eigenvalue weighted by molar-refractivity contribution is 0.669. The Hall–Kier alpha value is -6.06. The topological polar surface area (TPSA) is 21.3 Å². The molecule has 2 heterocycles. The van der Waals surface area contributed by atoms with Gasteiger partial charge in [0, 0.05) is 44.3 Å². The van der Waals surface area contributed by atoms with E-state index in [-0.39, 0.29) is 0 Å². The monoisotopic (exact) mass is 576 g/mol. The maximum atomic E-state index is 6.18. The Morgan fingerprint density at radius 3 is 1.91 bits per heavy atom. The molecule has 2 aromatic heterocycles. The smallest absolute Gasteiger partial charge is 0.135 e. The van der Waals surface area contributed by atoms with Gasteiger partial charge in [-0.2, -0.15) is 0 Å². The zero-order valence-corrected chi connectivity index (χ0v) is 24.5. The molecule has 0 radical (unpaired) electrons. The zero-order chi connectivity index (χ0) is 29.7. The highest BCUT2D eigenvalue weighted by atomic mass is 16.3. The van der Waals surface area contributed by atoms with Gasteiger partial charge in [-0.05, 0) is 77.9 Å². The van der Waals surface area contributed by atoms with E-state index in [0.717, 1.165) is 50.2 Å². The van der Waals surface area contributed by atoms with Crippen LogP contribution >= 0.6 is 0 Å². The van der Waals surface area contributed by atoms with Gasteiger partial charge >= 0.3 is 0 Å². The van der Waals surface area contributed by atoms with Crippen molar-refractivity contribution in [1.29, 1.82) is 0 Å². The van der Waals surface area contributed by atoms with E-state index in [2.05, 4.69) is 167 Å². The van der Waals surface area contributed by atoms with Gasteiger partial charge in [-0.3, -0.25) is 0 Å². The molecule has 3 heteroatoms. The lowest BCUT2D eigenvalue weighted by atomic mass is 9.99. The third-order valence-electron chi connectivity index (χ3n) is 8.77. The van der Waals surface area contributed by atoms with E-state index >= 15 is 0 Å². The molecule has 45 heavy (non-hydrogen) atoms. The minimum atomic E-state index is 0.890. The second-order valence-electron chi connectivity index (χ2n) is 11.4. The fourth-order valence-electron chi connectivity index (χ4n) is 6.79. The van der Waals surface area contributed by atoms with Crippen LogP contribution in [0.4, 0.5) is 17.1 Å². The summed E-state index contributed by atoms with van der Waals surface area (Å²) in [4.78, 5) is 2.34. The van der Waals surface area contributed by atoms with Crippen molar-refractivity contribution in [3.8, 4) is 16.8 Å². The van der Waals surface area contributed by atoms with Gasteiger partial charge in [0.05, 0.1) is 11.0 Å². The molecule has 0 aliphatic heterocycles. The van der Waals surface area contributed by atoms with E-state index in [4.69, 9.17) is 4.42 Å². The lowest BCUT2D eigenvalue weighted by Crippen LogP contribution is -2.10. The highest BCUT2D eigenvalue weighted by molar-refractivity contribution is 6.16. The van der Waals surface area contributed by atoms with Crippen LogP contribution in [0.15, 0.2) is 174 Å². The summed E-state index contributed by atoms with van der Waals surface area (Å²) in [6.07, 6.45) is 0. The Bertz CT molecular complexity index is 2470. The van der Waals surface area contributed by atoms with Crippen molar-refractivity contribution < 1.29 is 4.42 Å². The van der Waals surface area contributed by atoms with Crippen LogP contribution in [-0.2, 0) is 0 Å². The molecule has 0 saturated heterocycles. The Labute approximate surface area is 260 Å². The molecule has 0 saturated carbocycles. The number of nitrogens with zero attached hydrogens (tertiary/aromatic N) is 2. The van der Waals surface area contributed by atoms with Gasteiger partial charge in [0.2, 0.25) is 0 Å². The molecule has 7 aromatic carbocycles. The van der Waals surface area contributed by atoms with Gasteiger partial charge in [-0.25, -0.2) is 0 Å². The summed E-state index contributed by atoms with van der Waals surface area (Å²) >= 11 is 0. The molecule has 212 valence electrons. The minimum absolute atomic E-state index is 0.890. The number of anilines is 3. The van der Waals surface area contributed by atoms with Gasteiger partial charge < -0.3 is 13.9 Å². The number of aromatic nitrogens is 1. The van der Waals surface area contributed by atoms with E-state index in [1.165, 1.54) is 27.4 Å². The second-order valence-corrected chi connectivity index (χ2v) is 11.4. The van der Waals surface area contributed by atoms with Crippen LogP contribution in [0.25, 0.3) is 60.6 Å².